The van der Waals surface area contributed by atoms with Gasteiger partial charge in [-0.15, -0.1) is 0 Å². The van der Waals surface area contributed by atoms with Crippen LogP contribution >= 0.6 is 0 Å². The second kappa shape index (κ2) is 7.25. The number of nitrogens with zero attached hydrogens (tertiary/aromatic N) is 1. The molecule has 0 bridgehead atoms. The number of methoxy groups -OCH3 is 2. The van der Waals surface area contributed by atoms with Crippen LogP contribution in [0.4, 0.5) is 0 Å². The van der Waals surface area contributed by atoms with E-state index in [2.05, 4.69) is 15.3 Å². The summed E-state index contributed by atoms with van der Waals surface area (Å²) in [5.74, 6) is 1.91. The van der Waals surface area contributed by atoms with E-state index < -0.39 is 0 Å². The lowest BCUT2D eigenvalue weighted by molar-refractivity contribution is -0.121. The van der Waals surface area contributed by atoms with Crippen LogP contribution in [0.5, 0.6) is 11.5 Å². The Hall–Kier alpha value is -3.02. The van der Waals surface area contributed by atoms with Crippen LogP contribution in [-0.4, -0.2) is 30.1 Å². The molecule has 3 rings (SSSR count). The van der Waals surface area contributed by atoms with Crippen LogP contribution < -0.4 is 14.8 Å². The van der Waals surface area contributed by atoms with Gasteiger partial charge in [-0.25, -0.2) is 4.98 Å². The van der Waals surface area contributed by atoms with E-state index in [1.807, 2.05) is 43.3 Å². The molecule has 1 atom stereocenters. The highest BCUT2D eigenvalue weighted by atomic mass is 16.5. The highest BCUT2D eigenvalue weighted by Crippen LogP contribution is 2.27. The smallest absolute Gasteiger partial charge is 0.224 e. The Kier molecular flexibility index (Phi) is 4.88. The predicted octanol–water partition coefficient (Wildman–Crippen LogP) is 3.00. The van der Waals surface area contributed by atoms with Gasteiger partial charge in [-0.05, 0) is 36.8 Å². The van der Waals surface area contributed by atoms with E-state index in [-0.39, 0.29) is 18.4 Å². The van der Waals surface area contributed by atoms with Crippen molar-refractivity contribution < 1.29 is 14.3 Å². The number of hydrogen-bond donors (Lipinski definition) is 2. The lowest BCUT2D eigenvalue weighted by Crippen LogP contribution is -2.28. The number of aromatic nitrogens is 2. The molecule has 25 heavy (non-hydrogen) atoms. The van der Waals surface area contributed by atoms with Crippen molar-refractivity contribution in [2.24, 2.45) is 0 Å². The van der Waals surface area contributed by atoms with Crippen molar-refractivity contribution in [3.8, 4) is 11.5 Å². The Labute approximate surface area is 146 Å². The van der Waals surface area contributed by atoms with Gasteiger partial charge in [0.05, 0.1) is 37.7 Å². The Bertz CT molecular complexity index is 856. The van der Waals surface area contributed by atoms with Crippen LogP contribution in [0.3, 0.4) is 0 Å². The maximum atomic E-state index is 12.3. The number of nitrogens with one attached hydrogen (secondary N) is 2. The average Bonchev–Trinajstić information content (AvgIpc) is 3.05. The third kappa shape index (κ3) is 3.74. The highest BCUT2D eigenvalue weighted by Gasteiger charge is 2.14. The number of H-pyrrole nitrogens is 1. The molecule has 0 saturated heterocycles. The monoisotopic (exact) mass is 339 g/mol. The number of para-hydroxylation sites is 2. The van der Waals surface area contributed by atoms with Gasteiger partial charge in [0.15, 0.2) is 11.5 Å². The zero-order chi connectivity index (χ0) is 17.8. The van der Waals surface area contributed by atoms with Crippen LogP contribution in [0.1, 0.15) is 24.4 Å². The molecular formula is C19H21N3O3. The minimum Gasteiger partial charge on any atom is -0.493 e. The average molecular weight is 339 g/mol. The van der Waals surface area contributed by atoms with Crippen LogP contribution in [-0.2, 0) is 11.2 Å². The summed E-state index contributed by atoms with van der Waals surface area (Å²) < 4.78 is 10.5. The van der Waals surface area contributed by atoms with E-state index >= 15 is 0 Å². The largest absolute Gasteiger partial charge is 0.493 e. The highest BCUT2D eigenvalue weighted by molar-refractivity contribution is 5.79. The van der Waals surface area contributed by atoms with Gasteiger partial charge in [0, 0.05) is 0 Å². The molecule has 1 amide bonds. The lowest BCUT2D eigenvalue weighted by Gasteiger charge is -2.13. The molecule has 130 valence electrons. The molecule has 1 aromatic heterocycles. The number of aromatic amines is 1. The molecule has 3 aromatic rings. The molecule has 6 heteroatoms. The standard InChI is InChI=1S/C19H21N3O3/c1-12(19-21-14-6-4-5-7-15(14)22-19)20-18(23)11-13-8-9-16(24-2)17(10-13)25-3/h4-10,12H,11H2,1-3H3,(H,20,23)(H,21,22)/t12-/m1/s1. The summed E-state index contributed by atoms with van der Waals surface area (Å²) in [6.45, 7) is 1.91. The maximum Gasteiger partial charge on any atom is 0.224 e. The summed E-state index contributed by atoms with van der Waals surface area (Å²) in [5.41, 5.74) is 2.70. The molecule has 0 saturated carbocycles. The summed E-state index contributed by atoms with van der Waals surface area (Å²) in [7, 11) is 3.16. The van der Waals surface area contributed by atoms with E-state index in [4.69, 9.17) is 9.47 Å². The van der Waals surface area contributed by atoms with Crippen molar-refractivity contribution in [3.05, 3.63) is 53.9 Å². The number of fused-ring (bicyclic) bond motifs is 1. The molecule has 1 heterocycles. The summed E-state index contributed by atoms with van der Waals surface area (Å²) in [6, 6.07) is 13.0. The normalized spacial score (nSPS) is 12.0. The summed E-state index contributed by atoms with van der Waals surface area (Å²) in [4.78, 5) is 20.1. The van der Waals surface area contributed by atoms with Gasteiger partial charge in [-0.1, -0.05) is 18.2 Å². The molecule has 2 aromatic carbocycles. The van der Waals surface area contributed by atoms with Crippen LogP contribution in [0.25, 0.3) is 11.0 Å². The number of imidazole rings is 1. The number of hydrogen-bond acceptors (Lipinski definition) is 4. The number of ether oxygens (including phenoxy) is 2. The number of benzene rings is 2. The molecule has 0 unspecified atom stereocenters. The van der Waals surface area contributed by atoms with Crippen molar-refractivity contribution in [1.29, 1.82) is 0 Å². The van der Waals surface area contributed by atoms with Crippen molar-refractivity contribution in [3.63, 3.8) is 0 Å². The van der Waals surface area contributed by atoms with E-state index in [0.29, 0.717) is 11.5 Å². The van der Waals surface area contributed by atoms with Crippen LogP contribution in [0, 0.1) is 0 Å². The van der Waals surface area contributed by atoms with Crippen LogP contribution in [0.15, 0.2) is 42.5 Å². The van der Waals surface area contributed by atoms with Gasteiger partial charge >= 0.3 is 0 Å². The molecule has 0 aliphatic carbocycles. The fourth-order valence-electron chi connectivity index (χ4n) is 2.71. The molecule has 2 N–H and O–H groups in total. The first kappa shape index (κ1) is 16.8. The quantitative estimate of drug-likeness (QED) is 0.724. The summed E-state index contributed by atoms with van der Waals surface area (Å²) in [6.07, 6.45) is 0.255. The minimum absolute atomic E-state index is 0.0832. The first-order valence-corrected chi connectivity index (χ1v) is 8.05. The van der Waals surface area contributed by atoms with Gasteiger partial charge < -0.3 is 19.8 Å². The van der Waals surface area contributed by atoms with Gasteiger partial charge in [0.2, 0.25) is 5.91 Å². The fourth-order valence-corrected chi connectivity index (χ4v) is 2.71. The first-order valence-electron chi connectivity index (χ1n) is 8.05. The van der Waals surface area contributed by atoms with E-state index in [1.165, 1.54) is 0 Å². The predicted molar refractivity (Wildman–Crippen MR) is 95.9 cm³/mol. The van der Waals surface area contributed by atoms with Gasteiger partial charge in [0.1, 0.15) is 5.82 Å². The first-order chi connectivity index (χ1) is 12.1. The topological polar surface area (TPSA) is 76.2 Å². The molecule has 0 spiro atoms. The SMILES string of the molecule is COc1ccc(CC(=O)N[C@H](C)c2nc3ccccc3[nH]2)cc1OC. The Morgan fingerprint density at radius 1 is 1.16 bits per heavy atom. The van der Waals surface area contributed by atoms with E-state index in [0.717, 1.165) is 22.4 Å². The number of carbonyl (C=O) groups is 1. The third-order valence-electron chi connectivity index (χ3n) is 4.01. The van der Waals surface area contributed by atoms with Crippen molar-refractivity contribution in [2.45, 2.75) is 19.4 Å². The third-order valence-corrected chi connectivity index (χ3v) is 4.01. The van der Waals surface area contributed by atoms with Gasteiger partial charge in [-0.3, -0.25) is 4.79 Å². The van der Waals surface area contributed by atoms with Crippen molar-refractivity contribution >= 4 is 16.9 Å². The van der Waals surface area contributed by atoms with Gasteiger partial charge in [-0.2, -0.15) is 0 Å². The molecular weight excluding hydrogens is 318 g/mol. The maximum absolute atomic E-state index is 12.3. The molecule has 0 radical (unpaired) electrons. The van der Waals surface area contributed by atoms with E-state index in [1.54, 1.807) is 20.3 Å². The van der Waals surface area contributed by atoms with Crippen molar-refractivity contribution in [2.75, 3.05) is 14.2 Å². The van der Waals surface area contributed by atoms with E-state index in [9.17, 15) is 4.79 Å². The molecule has 0 fully saturated rings. The summed E-state index contributed by atoms with van der Waals surface area (Å²) >= 11 is 0. The zero-order valence-electron chi connectivity index (χ0n) is 14.5. The minimum atomic E-state index is -0.208. The van der Waals surface area contributed by atoms with Crippen LogP contribution in [0.2, 0.25) is 0 Å². The lowest BCUT2D eigenvalue weighted by atomic mass is 10.1. The Balaban J connectivity index is 1.67. The zero-order valence-corrected chi connectivity index (χ0v) is 14.5. The number of rotatable bonds is 6. The number of carbonyl (C=O) groups excluding carboxylic acids is 1. The summed E-state index contributed by atoms with van der Waals surface area (Å²) in [5, 5.41) is 2.97. The molecule has 6 nitrogen and oxygen atoms in total. The van der Waals surface area contributed by atoms with Gasteiger partial charge in [0.25, 0.3) is 0 Å². The number of amides is 1. The Morgan fingerprint density at radius 3 is 2.64 bits per heavy atom. The second-order valence-corrected chi connectivity index (χ2v) is 5.79. The second-order valence-electron chi connectivity index (χ2n) is 5.79. The fraction of sp³-hybridized carbons (Fsp3) is 0.263. The van der Waals surface area contributed by atoms with Crippen molar-refractivity contribution in [1.82, 2.24) is 15.3 Å². The Morgan fingerprint density at radius 2 is 1.92 bits per heavy atom. The molecule has 0 aliphatic rings. The molecule has 0 aliphatic heterocycles.